The van der Waals surface area contributed by atoms with E-state index in [9.17, 15) is 21.6 Å². The number of hydrogen-bond donors (Lipinski definition) is 2. The number of sulfonamides is 1. The van der Waals surface area contributed by atoms with Crippen molar-refractivity contribution in [3.8, 4) is 0 Å². The lowest BCUT2D eigenvalue weighted by molar-refractivity contribution is -0.0496. The van der Waals surface area contributed by atoms with E-state index in [1.54, 1.807) is 7.05 Å². The van der Waals surface area contributed by atoms with Crippen molar-refractivity contribution in [2.45, 2.75) is 51.1 Å². The number of alkyl halides is 3. The highest BCUT2D eigenvalue weighted by Gasteiger charge is 2.50. The molecular formula is C18H34F3N5O2S. The van der Waals surface area contributed by atoms with Gasteiger partial charge in [-0.3, -0.25) is 4.99 Å². The predicted molar refractivity (Wildman–Crippen MR) is 108 cm³/mol. The number of rotatable bonds is 6. The van der Waals surface area contributed by atoms with Crippen LogP contribution < -0.4 is 10.6 Å². The Bertz CT molecular complexity index is 646. The number of nitrogens with one attached hydrogen (secondary N) is 2. The summed E-state index contributed by atoms with van der Waals surface area (Å²) < 4.78 is 61.5. The Kier molecular flexibility index (Phi) is 8.59. The molecule has 0 aromatic rings. The van der Waals surface area contributed by atoms with E-state index < -0.39 is 15.5 Å². The van der Waals surface area contributed by atoms with Crippen molar-refractivity contribution in [1.29, 1.82) is 0 Å². The van der Waals surface area contributed by atoms with E-state index in [0.29, 0.717) is 41.6 Å². The minimum Gasteiger partial charge on any atom is -0.356 e. The average Bonchev–Trinajstić information content (AvgIpc) is 2.67. The van der Waals surface area contributed by atoms with Gasteiger partial charge < -0.3 is 15.5 Å². The highest BCUT2D eigenvalue weighted by molar-refractivity contribution is 7.90. The van der Waals surface area contributed by atoms with Crippen molar-refractivity contribution in [1.82, 2.24) is 19.8 Å². The Labute approximate surface area is 172 Å². The monoisotopic (exact) mass is 441 g/mol. The normalized spacial score (nSPS) is 24.1. The van der Waals surface area contributed by atoms with Crippen LogP contribution in [0.1, 0.15) is 39.5 Å². The summed E-state index contributed by atoms with van der Waals surface area (Å²) in [6.45, 7) is 7.80. The second-order valence-electron chi connectivity index (χ2n) is 8.22. The third-order valence-corrected chi connectivity index (χ3v) is 7.46. The van der Waals surface area contributed by atoms with Crippen molar-refractivity contribution in [3.05, 3.63) is 0 Å². The number of guanidine groups is 1. The molecule has 0 bridgehead atoms. The minimum absolute atomic E-state index is 0.104. The summed E-state index contributed by atoms with van der Waals surface area (Å²) in [7, 11) is -3.53. The van der Waals surface area contributed by atoms with Gasteiger partial charge in [-0.1, -0.05) is 0 Å². The van der Waals surface area contributed by atoms with Crippen molar-refractivity contribution in [2.75, 3.05) is 46.3 Å². The smallest absolute Gasteiger partial charge is 0.356 e. The molecule has 2 aliphatic heterocycles. The maximum atomic E-state index is 12.7. The molecule has 2 fully saturated rings. The largest absolute Gasteiger partial charge is 0.511 e. The molecule has 0 aromatic carbocycles. The zero-order valence-corrected chi connectivity index (χ0v) is 18.3. The zero-order valence-electron chi connectivity index (χ0n) is 17.5. The minimum atomic E-state index is -5.23. The molecule has 1 atom stereocenters. The molecule has 7 nitrogen and oxygen atoms in total. The van der Waals surface area contributed by atoms with Gasteiger partial charge >= 0.3 is 15.5 Å². The molecule has 0 amide bonds. The van der Waals surface area contributed by atoms with E-state index in [0.717, 1.165) is 19.6 Å². The first kappa shape index (κ1) is 24.2. The lowest BCUT2D eigenvalue weighted by Gasteiger charge is -2.35. The number of nitrogens with zero attached hydrogens (tertiary/aromatic N) is 3. The molecule has 11 heteroatoms. The molecule has 0 spiro atoms. The number of likely N-dealkylation sites (tertiary alicyclic amines) is 1. The summed E-state index contributed by atoms with van der Waals surface area (Å²) >= 11 is 0. The molecule has 2 N–H and O–H groups in total. The summed E-state index contributed by atoms with van der Waals surface area (Å²) in [5, 5.41) is 6.58. The molecule has 2 saturated heterocycles. The fourth-order valence-electron chi connectivity index (χ4n) is 3.94. The average molecular weight is 442 g/mol. The molecule has 0 saturated carbocycles. The summed E-state index contributed by atoms with van der Waals surface area (Å²) in [6, 6.07) is 0.544. The number of halogens is 3. The van der Waals surface area contributed by atoms with Crippen LogP contribution in [-0.4, -0.2) is 81.4 Å². The van der Waals surface area contributed by atoms with Crippen LogP contribution in [0.4, 0.5) is 13.2 Å². The van der Waals surface area contributed by atoms with E-state index in [1.807, 2.05) is 0 Å². The van der Waals surface area contributed by atoms with E-state index in [2.05, 4.69) is 34.4 Å². The highest BCUT2D eigenvalue weighted by atomic mass is 32.2. The van der Waals surface area contributed by atoms with Crippen LogP contribution in [0.5, 0.6) is 0 Å². The van der Waals surface area contributed by atoms with Gasteiger partial charge in [-0.2, -0.15) is 17.5 Å². The second-order valence-corrected chi connectivity index (χ2v) is 10.2. The van der Waals surface area contributed by atoms with Crippen molar-refractivity contribution in [2.24, 2.45) is 16.8 Å². The molecule has 29 heavy (non-hydrogen) atoms. The fourth-order valence-corrected chi connectivity index (χ4v) is 4.92. The Morgan fingerprint density at radius 3 is 2.17 bits per heavy atom. The summed E-state index contributed by atoms with van der Waals surface area (Å²) in [5.41, 5.74) is -5.23. The standard InChI is InChI=1S/C18H34F3N5O2S/c1-14(2)25-8-4-5-16(13-25)12-24-17(22-3)23-11-15-6-9-26(10-7-15)29(27,28)18(19,20)21/h14-16H,4-13H2,1-3H3,(H2,22,23,24). The van der Waals surface area contributed by atoms with Crippen LogP contribution in [0.25, 0.3) is 0 Å². The van der Waals surface area contributed by atoms with Crippen LogP contribution in [0.15, 0.2) is 4.99 Å². The molecule has 0 aliphatic carbocycles. The van der Waals surface area contributed by atoms with E-state index in [1.165, 1.54) is 12.8 Å². The predicted octanol–water partition coefficient (Wildman–Crippen LogP) is 1.83. The number of hydrogen-bond acceptors (Lipinski definition) is 4. The highest BCUT2D eigenvalue weighted by Crippen LogP contribution is 2.30. The molecule has 1 unspecified atom stereocenters. The molecule has 2 heterocycles. The third kappa shape index (κ3) is 6.71. The molecular weight excluding hydrogens is 407 g/mol. The van der Waals surface area contributed by atoms with Crippen molar-refractivity contribution < 1.29 is 21.6 Å². The quantitative estimate of drug-likeness (QED) is 0.486. The van der Waals surface area contributed by atoms with Gasteiger partial charge in [0.05, 0.1) is 0 Å². The fraction of sp³-hybridized carbons (Fsp3) is 0.944. The third-order valence-electron chi connectivity index (χ3n) is 5.83. The van der Waals surface area contributed by atoms with Gasteiger partial charge in [0.1, 0.15) is 0 Å². The first-order valence-electron chi connectivity index (χ1n) is 10.3. The summed E-state index contributed by atoms with van der Waals surface area (Å²) in [5.74, 6) is 1.34. The lowest BCUT2D eigenvalue weighted by atomic mass is 9.97. The van der Waals surface area contributed by atoms with Crippen LogP contribution >= 0.6 is 0 Å². The van der Waals surface area contributed by atoms with Gasteiger partial charge in [-0.05, 0) is 57.9 Å². The van der Waals surface area contributed by atoms with Crippen LogP contribution in [0.3, 0.4) is 0 Å². The van der Waals surface area contributed by atoms with Gasteiger partial charge in [0.25, 0.3) is 0 Å². The van der Waals surface area contributed by atoms with Gasteiger partial charge in [-0.15, -0.1) is 0 Å². The molecule has 170 valence electrons. The zero-order chi connectivity index (χ0) is 21.7. The summed E-state index contributed by atoms with van der Waals surface area (Å²) in [4.78, 5) is 6.70. The maximum absolute atomic E-state index is 12.7. The van der Waals surface area contributed by atoms with Crippen LogP contribution in [-0.2, 0) is 10.0 Å². The Hall–Kier alpha value is -1.07. The topological polar surface area (TPSA) is 77.0 Å². The lowest BCUT2D eigenvalue weighted by Crippen LogP contribution is -2.48. The van der Waals surface area contributed by atoms with Gasteiger partial charge in [0.2, 0.25) is 0 Å². The number of aliphatic imine (C=N–C) groups is 1. The first-order chi connectivity index (χ1) is 13.5. The second kappa shape index (κ2) is 10.3. The first-order valence-corrected chi connectivity index (χ1v) is 11.7. The van der Waals surface area contributed by atoms with Crippen molar-refractivity contribution >= 4 is 16.0 Å². The molecule has 2 rings (SSSR count). The van der Waals surface area contributed by atoms with E-state index >= 15 is 0 Å². The Morgan fingerprint density at radius 1 is 1.07 bits per heavy atom. The molecule has 2 aliphatic rings. The SMILES string of the molecule is CN=C(NCC1CCN(S(=O)(=O)C(F)(F)F)CC1)NCC1CCCN(C(C)C)C1. The maximum Gasteiger partial charge on any atom is 0.511 e. The van der Waals surface area contributed by atoms with Gasteiger partial charge in [-0.25, -0.2) is 8.42 Å². The van der Waals surface area contributed by atoms with E-state index in [-0.39, 0.29) is 19.0 Å². The van der Waals surface area contributed by atoms with Gasteiger partial charge in [0.15, 0.2) is 5.96 Å². The van der Waals surface area contributed by atoms with Crippen LogP contribution in [0.2, 0.25) is 0 Å². The van der Waals surface area contributed by atoms with E-state index in [4.69, 9.17) is 0 Å². The Balaban J connectivity index is 1.72. The summed E-state index contributed by atoms with van der Waals surface area (Å²) in [6.07, 6.45) is 3.16. The van der Waals surface area contributed by atoms with Crippen LogP contribution in [0, 0.1) is 11.8 Å². The molecule has 0 radical (unpaired) electrons. The van der Waals surface area contributed by atoms with Crippen molar-refractivity contribution in [3.63, 3.8) is 0 Å². The molecule has 0 aromatic heterocycles. The van der Waals surface area contributed by atoms with Gasteiger partial charge in [0, 0.05) is 45.8 Å². The number of piperidine rings is 2. The Morgan fingerprint density at radius 2 is 1.66 bits per heavy atom.